The molecule has 5 rings (SSSR count). The lowest BCUT2D eigenvalue weighted by atomic mass is 9.87. The van der Waals surface area contributed by atoms with Crippen molar-refractivity contribution in [3.63, 3.8) is 0 Å². The molecule has 3 aromatic carbocycles. The molecule has 0 aliphatic carbocycles. The molecule has 0 amide bonds. The van der Waals surface area contributed by atoms with Crippen LogP contribution in [0.2, 0.25) is 0 Å². The van der Waals surface area contributed by atoms with E-state index in [-0.39, 0.29) is 5.70 Å². The summed E-state index contributed by atoms with van der Waals surface area (Å²) in [6, 6.07) is 25.8. The molecule has 1 aromatic heterocycles. The van der Waals surface area contributed by atoms with Crippen LogP contribution in [0.4, 0.5) is 0 Å². The number of ether oxygens (including phenoxy) is 2. The summed E-state index contributed by atoms with van der Waals surface area (Å²) in [6.45, 7) is 0. The first-order valence-corrected chi connectivity index (χ1v) is 11.2. The highest BCUT2D eigenvalue weighted by atomic mass is 16.5. The van der Waals surface area contributed by atoms with Crippen molar-refractivity contribution >= 4 is 28.9 Å². The quantitative estimate of drug-likeness (QED) is 0.315. The number of aromatic nitrogens is 1. The molecular formula is C29H24N2O4. The van der Waals surface area contributed by atoms with Crippen LogP contribution in [0.3, 0.4) is 0 Å². The van der Waals surface area contributed by atoms with Gasteiger partial charge in [0.1, 0.15) is 5.70 Å². The fourth-order valence-electron chi connectivity index (χ4n) is 4.62. The van der Waals surface area contributed by atoms with Gasteiger partial charge >= 0.3 is 11.9 Å². The lowest BCUT2D eigenvalue weighted by Gasteiger charge is -2.36. The predicted molar refractivity (Wildman–Crippen MR) is 135 cm³/mol. The minimum atomic E-state index is -0.640. The number of hydrogen-bond acceptors (Lipinski definition) is 5. The van der Waals surface area contributed by atoms with Gasteiger partial charge < -0.3 is 19.4 Å². The number of benzene rings is 3. The third kappa shape index (κ3) is 3.99. The first-order valence-electron chi connectivity index (χ1n) is 11.2. The highest BCUT2D eigenvalue weighted by Gasteiger charge is 2.34. The van der Waals surface area contributed by atoms with Gasteiger partial charge in [-0.1, -0.05) is 72.8 Å². The molecule has 6 nitrogen and oxygen atoms in total. The number of nitrogens with one attached hydrogen (secondary N) is 1. The maximum absolute atomic E-state index is 12.9. The number of hydrogen-bond donors (Lipinski definition) is 1. The summed E-state index contributed by atoms with van der Waals surface area (Å²) in [5, 5.41) is 1.02. The number of carbonyl (C=O) groups excluding carboxylic acids is 2. The van der Waals surface area contributed by atoms with Gasteiger partial charge in [0, 0.05) is 22.7 Å². The molecular weight excluding hydrogens is 440 g/mol. The maximum Gasteiger partial charge on any atom is 0.354 e. The summed E-state index contributed by atoms with van der Waals surface area (Å²) in [5.74, 6) is -1.27. The standard InChI is InChI=1S/C29H24N2O4/c1-34-25(32)18-24(29(33)35-2)31-17-16-19-10-6-7-13-21(19)28(31)26-22-14-8-9-15-23(22)30-27(26)20-11-4-3-5-12-20/h3-18,28,30H,1-2H3/b24-18+. The Labute approximate surface area is 203 Å². The molecule has 0 bridgehead atoms. The Morgan fingerprint density at radius 1 is 0.886 bits per heavy atom. The van der Waals surface area contributed by atoms with E-state index < -0.39 is 18.0 Å². The van der Waals surface area contributed by atoms with Crippen LogP contribution in [0.1, 0.15) is 22.7 Å². The average molecular weight is 465 g/mol. The number of fused-ring (bicyclic) bond motifs is 2. The van der Waals surface area contributed by atoms with Gasteiger partial charge in [-0.2, -0.15) is 0 Å². The second kappa shape index (κ2) is 9.35. The number of methoxy groups -OCH3 is 2. The lowest BCUT2D eigenvalue weighted by molar-refractivity contribution is -0.139. The highest BCUT2D eigenvalue weighted by Crippen LogP contribution is 2.45. The van der Waals surface area contributed by atoms with Gasteiger partial charge in [0.05, 0.1) is 32.0 Å². The van der Waals surface area contributed by atoms with Crippen LogP contribution in [0.25, 0.3) is 28.2 Å². The maximum atomic E-state index is 12.9. The third-order valence-corrected chi connectivity index (χ3v) is 6.19. The molecule has 6 heteroatoms. The van der Waals surface area contributed by atoms with Gasteiger partial charge in [-0.3, -0.25) is 0 Å². The van der Waals surface area contributed by atoms with Crippen LogP contribution in [0.5, 0.6) is 0 Å². The van der Waals surface area contributed by atoms with Gasteiger partial charge in [0.2, 0.25) is 0 Å². The Balaban J connectivity index is 1.82. The number of aromatic amines is 1. The lowest BCUT2D eigenvalue weighted by Crippen LogP contribution is -2.32. The molecule has 1 unspecified atom stereocenters. The topological polar surface area (TPSA) is 71.6 Å². The van der Waals surface area contributed by atoms with Crippen molar-refractivity contribution in [2.75, 3.05) is 14.2 Å². The van der Waals surface area contributed by atoms with E-state index >= 15 is 0 Å². The van der Waals surface area contributed by atoms with E-state index in [2.05, 4.69) is 23.2 Å². The number of para-hydroxylation sites is 1. The summed E-state index contributed by atoms with van der Waals surface area (Å²) >= 11 is 0. The zero-order valence-electron chi connectivity index (χ0n) is 19.4. The molecule has 0 saturated carbocycles. The van der Waals surface area contributed by atoms with E-state index in [0.29, 0.717) is 0 Å². The van der Waals surface area contributed by atoms with Crippen LogP contribution in [-0.4, -0.2) is 36.0 Å². The van der Waals surface area contributed by atoms with Gasteiger partial charge in [-0.05, 0) is 28.8 Å². The van der Waals surface area contributed by atoms with E-state index in [0.717, 1.165) is 38.9 Å². The van der Waals surface area contributed by atoms with Crippen LogP contribution in [0.15, 0.2) is 96.8 Å². The number of nitrogens with zero attached hydrogens (tertiary/aromatic N) is 1. The minimum absolute atomic E-state index is 0.0828. The molecule has 1 N–H and O–H groups in total. The second-order valence-electron chi connectivity index (χ2n) is 8.12. The van der Waals surface area contributed by atoms with Crippen molar-refractivity contribution in [1.29, 1.82) is 0 Å². The predicted octanol–water partition coefficient (Wildman–Crippen LogP) is 5.44. The molecule has 0 fully saturated rings. The normalized spacial score (nSPS) is 15.1. The van der Waals surface area contributed by atoms with E-state index in [1.807, 2.05) is 72.9 Å². The van der Waals surface area contributed by atoms with E-state index in [1.54, 1.807) is 4.90 Å². The Morgan fingerprint density at radius 2 is 1.60 bits per heavy atom. The summed E-state index contributed by atoms with van der Waals surface area (Å²) in [4.78, 5) is 30.6. The van der Waals surface area contributed by atoms with Crippen molar-refractivity contribution < 1.29 is 19.1 Å². The molecule has 174 valence electrons. The molecule has 0 spiro atoms. The minimum Gasteiger partial charge on any atom is -0.466 e. The number of carbonyl (C=O) groups is 2. The Morgan fingerprint density at radius 3 is 2.37 bits per heavy atom. The van der Waals surface area contributed by atoms with E-state index in [4.69, 9.17) is 9.47 Å². The molecule has 1 aliphatic rings. The van der Waals surface area contributed by atoms with Crippen molar-refractivity contribution in [3.05, 3.63) is 114 Å². The van der Waals surface area contributed by atoms with Crippen LogP contribution in [-0.2, 0) is 19.1 Å². The summed E-state index contributed by atoms with van der Waals surface area (Å²) in [6.07, 6.45) is 4.92. The van der Waals surface area contributed by atoms with Gasteiger partial charge in [0.25, 0.3) is 0 Å². The van der Waals surface area contributed by atoms with Crippen LogP contribution in [0, 0.1) is 0 Å². The molecule has 2 heterocycles. The number of esters is 2. The second-order valence-corrected chi connectivity index (χ2v) is 8.12. The Kier molecular flexibility index (Phi) is 5.94. The molecule has 35 heavy (non-hydrogen) atoms. The SMILES string of the molecule is COC(=O)/C=C(\C(=O)OC)N1C=Cc2ccccc2C1c1c(-c2ccccc2)[nH]c2ccccc12. The monoisotopic (exact) mass is 464 g/mol. The zero-order valence-corrected chi connectivity index (χ0v) is 19.4. The van der Waals surface area contributed by atoms with Gasteiger partial charge in [0.15, 0.2) is 0 Å². The van der Waals surface area contributed by atoms with Crippen molar-refractivity contribution in [1.82, 2.24) is 9.88 Å². The van der Waals surface area contributed by atoms with Crippen molar-refractivity contribution in [2.45, 2.75) is 6.04 Å². The zero-order chi connectivity index (χ0) is 24.4. The molecule has 0 saturated heterocycles. The highest BCUT2D eigenvalue weighted by molar-refractivity contribution is 5.97. The summed E-state index contributed by atoms with van der Waals surface area (Å²) < 4.78 is 9.91. The Hall–Kier alpha value is -4.58. The van der Waals surface area contributed by atoms with Crippen molar-refractivity contribution in [3.8, 4) is 11.3 Å². The summed E-state index contributed by atoms with van der Waals surface area (Å²) in [5.41, 5.74) is 6.03. The molecule has 4 aromatic rings. The number of rotatable bonds is 5. The van der Waals surface area contributed by atoms with Gasteiger partial charge in [-0.25, -0.2) is 9.59 Å². The molecule has 0 radical (unpaired) electrons. The van der Waals surface area contributed by atoms with Crippen LogP contribution >= 0.6 is 0 Å². The fraction of sp³-hybridized carbons (Fsp3) is 0.103. The fourth-order valence-corrected chi connectivity index (χ4v) is 4.62. The summed E-state index contributed by atoms with van der Waals surface area (Å²) in [7, 11) is 2.57. The van der Waals surface area contributed by atoms with E-state index in [1.165, 1.54) is 20.3 Å². The smallest absolute Gasteiger partial charge is 0.354 e. The Bertz CT molecular complexity index is 1470. The van der Waals surface area contributed by atoms with E-state index in [9.17, 15) is 9.59 Å². The molecule has 1 atom stereocenters. The largest absolute Gasteiger partial charge is 0.466 e. The number of H-pyrrole nitrogens is 1. The first kappa shape index (κ1) is 22.2. The average Bonchev–Trinajstić information content (AvgIpc) is 3.30. The first-order chi connectivity index (χ1) is 17.1. The third-order valence-electron chi connectivity index (χ3n) is 6.19. The molecule has 1 aliphatic heterocycles. The van der Waals surface area contributed by atoms with Crippen LogP contribution < -0.4 is 0 Å². The van der Waals surface area contributed by atoms with Gasteiger partial charge in [-0.15, -0.1) is 0 Å². The van der Waals surface area contributed by atoms with Crippen molar-refractivity contribution in [2.24, 2.45) is 0 Å².